The summed E-state index contributed by atoms with van der Waals surface area (Å²) < 4.78 is 5.15. The van der Waals surface area contributed by atoms with Crippen LogP contribution in [0.2, 0.25) is 0 Å². The van der Waals surface area contributed by atoms with Crippen LogP contribution in [0.5, 0.6) is 5.75 Å². The summed E-state index contributed by atoms with van der Waals surface area (Å²) in [7, 11) is 1.61. The fourth-order valence-corrected chi connectivity index (χ4v) is 4.28. The predicted octanol–water partition coefficient (Wildman–Crippen LogP) is 2.87. The molecule has 27 heavy (non-hydrogen) atoms. The molecule has 0 unspecified atom stereocenters. The summed E-state index contributed by atoms with van der Waals surface area (Å²) in [5.74, 6) is 0.760. The molecule has 1 aliphatic rings. The van der Waals surface area contributed by atoms with Gasteiger partial charge < -0.3 is 14.5 Å². The second-order valence-corrected chi connectivity index (χ2v) is 7.47. The van der Waals surface area contributed by atoms with Gasteiger partial charge in [0.25, 0.3) is 11.8 Å². The molecule has 6 nitrogen and oxygen atoms in total. The van der Waals surface area contributed by atoms with Crippen LogP contribution in [0.3, 0.4) is 0 Å². The van der Waals surface area contributed by atoms with E-state index in [-0.39, 0.29) is 11.8 Å². The zero-order valence-electron chi connectivity index (χ0n) is 16.0. The Hall–Kier alpha value is -2.41. The number of thiazole rings is 1. The van der Waals surface area contributed by atoms with Gasteiger partial charge in [0.05, 0.1) is 12.8 Å². The average molecular weight is 388 g/mol. The molecule has 7 heteroatoms. The number of rotatable bonds is 5. The Balaban J connectivity index is 1.69. The first-order valence-electron chi connectivity index (χ1n) is 9.28. The Kier molecular flexibility index (Phi) is 6.11. The zero-order chi connectivity index (χ0) is 19.4. The lowest BCUT2D eigenvalue weighted by Crippen LogP contribution is -2.33. The van der Waals surface area contributed by atoms with Crippen LogP contribution in [0, 0.1) is 0 Å². The van der Waals surface area contributed by atoms with Crippen molar-refractivity contribution in [1.82, 2.24) is 14.8 Å². The first kappa shape index (κ1) is 19.4. The molecule has 144 valence electrons. The maximum Gasteiger partial charge on any atom is 0.282 e. The number of fused-ring (bicyclic) bond motifs is 1. The molecule has 2 heterocycles. The fourth-order valence-electron chi connectivity index (χ4n) is 3.22. The van der Waals surface area contributed by atoms with E-state index in [0.717, 1.165) is 22.7 Å². The lowest BCUT2D eigenvalue weighted by Gasteiger charge is -2.20. The first-order valence-corrected chi connectivity index (χ1v) is 10.1. The fraction of sp³-hybridized carbons (Fsp3) is 0.450. The molecule has 1 aliphatic heterocycles. The Bertz CT molecular complexity index is 787. The molecule has 0 saturated heterocycles. The molecule has 0 aliphatic carbocycles. The Morgan fingerprint density at radius 2 is 1.81 bits per heavy atom. The number of ether oxygens (including phenoxy) is 1. The van der Waals surface area contributed by atoms with Crippen LogP contribution in [0.4, 0.5) is 0 Å². The molecule has 0 bridgehead atoms. The number of amides is 2. The average Bonchev–Trinajstić information content (AvgIpc) is 3.01. The second-order valence-electron chi connectivity index (χ2n) is 6.39. The van der Waals surface area contributed by atoms with Gasteiger partial charge in [-0.25, -0.2) is 4.98 Å². The number of aromatic nitrogens is 1. The van der Waals surface area contributed by atoms with Crippen LogP contribution in [0.1, 0.15) is 44.6 Å². The van der Waals surface area contributed by atoms with Gasteiger partial charge in [-0.05, 0) is 38.1 Å². The summed E-state index contributed by atoms with van der Waals surface area (Å²) >= 11 is 1.47. The maximum atomic E-state index is 12.8. The van der Waals surface area contributed by atoms with E-state index in [2.05, 4.69) is 4.98 Å². The van der Waals surface area contributed by atoms with Gasteiger partial charge in [0.1, 0.15) is 5.75 Å². The van der Waals surface area contributed by atoms with E-state index in [1.165, 1.54) is 11.3 Å². The summed E-state index contributed by atoms with van der Waals surface area (Å²) in [5, 5.41) is 0.568. The summed E-state index contributed by atoms with van der Waals surface area (Å²) in [6, 6.07) is 7.19. The van der Waals surface area contributed by atoms with E-state index in [4.69, 9.17) is 4.74 Å². The van der Waals surface area contributed by atoms with Gasteiger partial charge >= 0.3 is 0 Å². The van der Waals surface area contributed by atoms with Crippen LogP contribution in [-0.4, -0.2) is 59.9 Å². The lowest BCUT2D eigenvalue weighted by molar-refractivity contribution is 0.0755. The number of hydrogen-bond acceptors (Lipinski definition) is 5. The second kappa shape index (κ2) is 8.52. The smallest absolute Gasteiger partial charge is 0.282 e. The highest BCUT2D eigenvalue weighted by atomic mass is 32.1. The van der Waals surface area contributed by atoms with Gasteiger partial charge in [-0.1, -0.05) is 0 Å². The van der Waals surface area contributed by atoms with Gasteiger partial charge in [-0.3, -0.25) is 9.59 Å². The van der Waals surface area contributed by atoms with Crippen molar-refractivity contribution in [2.45, 2.75) is 26.7 Å². The maximum absolute atomic E-state index is 12.8. The topological polar surface area (TPSA) is 62.7 Å². The minimum atomic E-state index is 0.00392. The molecule has 1 aromatic heterocycles. The Labute approximate surface area is 163 Å². The van der Waals surface area contributed by atoms with Gasteiger partial charge in [0.15, 0.2) is 5.01 Å². The van der Waals surface area contributed by atoms with Crippen molar-refractivity contribution < 1.29 is 14.3 Å². The van der Waals surface area contributed by atoms with Crippen LogP contribution in [-0.2, 0) is 12.8 Å². The van der Waals surface area contributed by atoms with E-state index in [1.807, 2.05) is 18.7 Å². The van der Waals surface area contributed by atoms with Crippen molar-refractivity contribution in [2.24, 2.45) is 0 Å². The summed E-state index contributed by atoms with van der Waals surface area (Å²) in [5.41, 5.74) is 1.62. The number of nitrogens with zero attached hydrogens (tertiary/aromatic N) is 3. The van der Waals surface area contributed by atoms with Gasteiger partial charge in [-0.15, -0.1) is 11.3 Å². The monoisotopic (exact) mass is 387 g/mol. The number of methoxy groups -OCH3 is 1. The van der Waals surface area contributed by atoms with Gasteiger partial charge in [-0.2, -0.15) is 0 Å². The number of carbonyl (C=O) groups is 2. The Morgan fingerprint density at radius 3 is 2.44 bits per heavy atom. The minimum absolute atomic E-state index is 0.00392. The lowest BCUT2D eigenvalue weighted by atomic mass is 10.2. The number of carbonyl (C=O) groups excluding carboxylic acids is 2. The van der Waals surface area contributed by atoms with Crippen molar-refractivity contribution in [3.05, 3.63) is 45.4 Å². The molecule has 0 spiro atoms. The van der Waals surface area contributed by atoms with E-state index in [9.17, 15) is 9.59 Å². The molecule has 0 fully saturated rings. The molecule has 0 radical (unpaired) electrons. The Morgan fingerprint density at radius 1 is 1.15 bits per heavy atom. The predicted molar refractivity (Wildman–Crippen MR) is 106 cm³/mol. The van der Waals surface area contributed by atoms with Crippen LogP contribution in [0.25, 0.3) is 0 Å². The molecule has 0 atom stereocenters. The van der Waals surface area contributed by atoms with Crippen LogP contribution in [0.15, 0.2) is 24.3 Å². The van der Waals surface area contributed by atoms with E-state index in [0.29, 0.717) is 43.2 Å². The standard InChI is InChI=1S/C20H25N3O3S/c1-4-22(5-2)20(25)18-21-16-10-12-23(13-11-17(16)27-18)19(24)14-6-8-15(26-3)9-7-14/h6-9H,4-5,10-13H2,1-3H3. The van der Waals surface area contributed by atoms with E-state index >= 15 is 0 Å². The zero-order valence-corrected chi connectivity index (χ0v) is 16.8. The molecule has 3 rings (SSSR count). The molecular formula is C20H25N3O3S. The van der Waals surface area contributed by atoms with Crippen LogP contribution < -0.4 is 4.74 Å². The van der Waals surface area contributed by atoms with Gasteiger partial charge in [0, 0.05) is 49.5 Å². The molecule has 0 N–H and O–H groups in total. The highest BCUT2D eigenvalue weighted by Gasteiger charge is 2.25. The highest BCUT2D eigenvalue weighted by Crippen LogP contribution is 2.25. The number of hydrogen-bond donors (Lipinski definition) is 0. The molecule has 0 saturated carbocycles. The van der Waals surface area contributed by atoms with Crippen LogP contribution >= 0.6 is 11.3 Å². The highest BCUT2D eigenvalue weighted by molar-refractivity contribution is 7.13. The summed E-state index contributed by atoms with van der Waals surface area (Å²) in [6.07, 6.45) is 1.42. The molecule has 2 amide bonds. The third kappa shape index (κ3) is 4.13. The van der Waals surface area contributed by atoms with Crippen molar-refractivity contribution in [2.75, 3.05) is 33.3 Å². The minimum Gasteiger partial charge on any atom is -0.497 e. The first-order chi connectivity index (χ1) is 13.1. The van der Waals surface area contributed by atoms with Crippen molar-refractivity contribution in [1.29, 1.82) is 0 Å². The largest absolute Gasteiger partial charge is 0.497 e. The third-order valence-corrected chi connectivity index (χ3v) is 6.01. The molecular weight excluding hydrogens is 362 g/mol. The van der Waals surface area contributed by atoms with Crippen molar-refractivity contribution >= 4 is 23.2 Å². The molecule has 1 aromatic carbocycles. The quantitative estimate of drug-likeness (QED) is 0.791. The van der Waals surface area contributed by atoms with E-state index in [1.54, 1.807) is 36.3 Å². The van der Waals surface area contributed by atoms with Gasteiger partial charge in [0.2, 0.25) is 0 Å². The third-order valence-electron chi connectivity index (χ3n) is 4.86. The number of benzene rings is 1. The van der Waals surface area contributed by atoms with Crippen molar-refractivity contribution in [3.8, 4) is 5.75 Å². The normalized spacial score (nSPS) is 13.7. The summed E-state index contributed by atoms with van der Waals surface area (Å²) in [6.45, 7) is 6.57. The van der Waals surface area contributed by atoms with Crippen molar-refractivity contribution in [3.63, 3.8) is 0 Å². The van der Waals surface area contributed by atoms with E-state index < -0.39 is 0 Å². The molecule has 2 aromatic rings. The SMILES string of the molecule is CCN(CC)C(=O)c1nc2c(s1)CCN(C(=O)c1ccc(OC)cc1)CC2. The summed E-state index contributed by atoms with van der Waals surface area (Å²) in [4.78, 5) is 34.7.